The molecule has 1 rings (SSSR count). The fourth-order valence-electron chi connectivity index (χ4n) is 1.03. The number of nitriles is 1. The molecule has 0 amide bonds. The summed E-state index contributed by atoms with van der Waals surface area (Å²) < 4.78 is 25.2. The van der Waals surface area contributed by atoms with Gasteiger partial charge in [-0.3, -0.25) is 0 Å². The monoisotopic (exact) mass is 262 g/mol. The summed E-state index contributed by atoms with van der Waals surface area (Å²) in [5.74, 6) is 0. The molecule has 0 aliphatic heterocycles. The molecule has 0 saturated carbocycles. The van der Waals surface area contributed by atoms with E-state index in [0.29, 0.717) is 0 Å². The first-order valence-corrected chi connectivity index (χ1v) is 4.38. The van der Waals surface area contributed by atoms with E-state index in [1.807, 2.05) is 0 Å². The molecule has 14 heavy (non-hydrogen) atoms. The van der Waals surface area contributed by atoms with E-state index in [1.165, 1.54) is 6.07 Å². The van der Waals surface area contributed by atoms with Crippen LogP contribution in [0.15, 0.2) is 10.7 Å². The van der Waals surface area contributed by atoms with Crippen LogP contribution >= 0.6 is 15.9 Å². The number of hydrogen-bond donors (Lipinski definition) is 1. The minimum absolute atomic E-state index is 0.175. The predicted octanol–water partition coefficient (Wildman–Crippen LogP) is 2.15. The molecule has 0 saturated heterocycles. The lowest BCUT2D eigenvalue weighted by Crippen LogP contribution is -2.02. The third kappa shape index (κ3) is 2.05. The van der Waals surface area contributed by atoms with Crippen LogP contribution in [0.3, 0.4) is 0 Å². The SMILES string of the molecule is N#Cc1cc(Br)nc(CO)c1C(F)F. The molecule has 0 spiro atoms. The second-order valence-corrected chi connectivity index (χ2v) is 3.24. The number of aliphatic hydroxyl groups is 1. The quantitative estimate of drug-likeness (QED) is 0.831. The summed E-state index contributed by atoms with van der Waals surface area (Å²) >= 11 is 2.96. The van der Waals surface area contributed by atoms with E-state index in [4.69, 9.17) is 10.4 Å². The van der Waals surface area contributed by atoms with Crippen LogP contribution in [0.1, 0.15) is 23.2 Å². The third-order valence-corrected chi connectivity index (χ3v) is 2.00. The molecule has 0 fully saturated rings. The van der Waals surface area contributed by atoms with E-state index < -0.39 is 18.6 Å². The van der Waals surface area contributed by atoms with Crippen molar-refractivity contribution in [1.82, 2.24) is 4.98 Å². The van der Waals surface area contributed by atoms with E-state index in [1.54, 1.807) is 6.07 Å². The van der Waals surface area contributed by atoms with Gasteiger partial charge in [-0.2, -0.15) is 5.26 Å². The maximum Gasteiger partial charge on any atom is 0.266 e. The highest BCUT2D eigenvalue weighted by Crippen LogP contribution is 2.27. The molecule has 1 aromatic rings. The van der Waals surface area contributed by atoms with Crippen molar-refractivity contribution in [2.24, 2.45) is 0 Å². The Hall–Kier alpha value is -1.06. The normalized spacial score (nSPS) is 10.3. The maximum atomic E-state index is 12.5. The predicted molar refractivity (Wildman–Crippen MR) is 47.5 cm³/mol. The van der Waals surface area contributed by atoms with Crippen LogP contribution < -0.4 is 0 Å². The number of halogens is 3. The standard InChI is InChI=1S/C8H5BrF2N2O/c9-6-1-4(2-12)7(8(10)11)5(3-14)13-6/h1,8,14H,3H2. The molecule has 3 nitrogen and oxygen atoms in total. The van der Waals surface area contributed by atoms with Gasteiger partial charge in [-0.15, -0.1) is 0 Å². The van der Waals surface area contributed by atoms with Gasteiger partial charge < -0.3 is 5.11 Å². The van der Waals surface area contributed by atoms with Gasteiger partial charge in [0, 0.05) is 0 Å². The molecular formula is C8H5BrF2N2O. The number of alkyl halides is 2. The zero-order valence-corrected chi connectivity index (χ0v) is 8.42. The van der Waals surface area contributed by atoms with Crippen LogP contribution in [0.2, 0.25) is 0 Å². The van der Waals surface area contributed by atoms with E-state index in [0.717, 1.165) is 0 Å². The fraction of sp³-hybridized carbons (Fsp3) is 0.250. The summed E-state index contributed by atoms with van der Waals surface area (Å²) in [6.07, 6.45) is -2.81. The lowest BCUT2D eigenvalue weighted by Gasteiger charge is -2.07. The van der Waals surface area contributed by atoms with Gasteiger partial charge in [0.15, 0.2) is 0 Å². The van der Waals surface area contributed by atoms with Gasteiger partial charge in [0.1, 0.15) is 4.60 Å². The Balaban J connectivity index is 3.42. The molecule has 0 radical (unpaired) electrons. The Morgan fingerprint density at radius 2 is 2.29 bits per heavy atom. The van der Waals surface area contributed by atoms with Crippen LogP contribution in [0.4, 0.5) is 8.78 Å². The van der Waals surface area contributed by atoms with Crippen LogP contribution in [0, 0.1) is 11.3 Å². The molecule has 0 aliphatic rings. The topological polar surface area (TPSA) is 56.9 Å². The van der Waals surface area contributed by atoms with E-state index >= 15 is 0 Å². The molecular weight excluding hydrogens is 258 g/mol. The lowest BCUT2D eigenvalue weighted by molar-refractivity contribution is 0.145. The van der Waals surface area contributed by atoms with Gasteiger partial charge in [-0.1, -0.05) is 0 Å². The van der Waals surface area contributed by atoms with Crippen molar-refractivity contribution in [3.8, 4) is 6.07 Å². The number of pyridine rings is 1. The molecule has 6 heteroatoms. The fourth-order valence-corrected chi connectivity index (χ4v) is 1.47. The number of nitrogens with zero attached hydrogens (tertiary/aromatic N) is 2. The Kier molecular flexibility index (Phi) is 3.49. The van der Waals surface area contributed by atoms with Gasteiger partial charge in [-0.25, -0.2) is 13.8 Å². The van der Waals surface area contributed by atoms with Crippen molar-refractivity contribution in [2.75, 3.05) is 0 Å². The van der Waals surface area contributed by atoms with Crippen LogP contribution in [0.25, 0.3) is 0 Å². The lowest BCUT2D eigenvalue weighted by atomic mass is 10.1. The summed E-state index contributed by atoms with van der Waals surface area (Å²) in [4.78, 5) is 3.66. The molecule has 0 atom stereocenters. The van der Waals surface area contributed by atoms with Crippen molar-refractivity contribution in [2.45, 2.75) is 13.0 Å². The average molecular weight is 263 g/mol. The Morgan fingerprint density at radius 3 is 2.71 bits per heavy atom. The summed E-state index contributed by atoms with van der Waals surface area (Å²) in [6, 6.07) is 2.83. The first-order valence-electron chi connectivity index (χ1n) is 3.58. The Labute approximate surface area is 87.1 Å². The number of hydrogen-bond acceptors (Lipinski definition) is 3. The molecule has 0 aliphatic carbocycles. The first kappa shape index (κ1) is 11.0. The number of aromatic nitrogens is 1. The molecule has 1 heterocycles. The van der Waals surface area contributed by atoms with Crippen LogP contribution in [-0.4, -0.2) is 10.1 Å². The summed E-state index contributed by atoms with van der Waals surface area (Å²) in [7, 11) is 0. The minimum Gasteiger partial charge on any atom is -0.390 e. The van der Waals surface area contributed by atoms with Gasteiger partial charge in [-0.05, 0) is 22.0 Å². The highest BCUT2D eigenvalue weighted by atomic mass is 79.9. The van der Waals surface area contributed by atoms with Gasteiger partial charge in [0.05, 0.1) is 29.5 Å². The van der Waals surface area contributed by atoms with Crippen molar-refractivity contribution < 1.29 is 13.9 Å². The molecule has 0 aromatic carbocycles. The van der Waals surface area contributed by atoms with Crippen LogP contribution in [-0.2, 0) is 6.61 Å². The molecule has 74 valence electrons. The summed E-state index contributed by atoms with van der Waals surface area (Å²) in [5.41, 5.74) is -0.852. The average Bonchev–Trinajstić information content (AvgIpc) is 2.15. The highest BCUT2D eigenvalue weighted by molar-refractivity contribution is 9.10. The van der Waals surface area contributed by atoms with Gasteiger partial charge in [0.25, 0.3) is 6.43 Å². The van der Waals surface area contributed by atoms with Crippen molar-refractivity contribution in [3.05, 3.63) is 27.5 Å². The largest absolute Gasteiger partial charge is 0.390 e. The number of rotatable bonds is 2. The minimum atomic E-state index is -2.81. The second-order valence-electron chi connectivity index (χ2n) is 2.42. The Bertz CT molecular complexity index is 390. The van der Waals surface area contributed by atoms with E-state index in [9.17, 15) is 8.78 Å². The molecule has 1 aromatic heterocycles. The number of aliphatic hydroxyl groups excluding tert-OH is 1. The Morgan fingerprint density at radius 1 is 1.64 bits per heavy atom. The zero-order chi connectivity index (χ0) is 10.7. The zero-order valence-electron chi connectivity index (χ0n) is 6.84. The maximum absolute atomic E-state index is 12.5. The molecule has 0 unspecified atom stereocenters. The second kappa shape index (κ2) is 4.44. The van der Waals surface area contributed by atoms with Crippen molar-refractivity contribution in [3.63, 3.8) is 0 Å². The van der Waals surface area contributed by atoms with E-state index in [2.05, 4.69) is 20.9 Å². The van der Waals surface area contributed by atoms with E-state index in [-0.39, 0.29) is 15.9 Å². The smallest absolute Gasteiger partial charge is 0.266 e. The van der Waals surface area contributed by atoms with Crippen molar-refractivity contribution >= 4 is 15.9 Å². The van der Waals surface area contributed by atoms with Crippen molar-refractivity contribution in [1.29, 1.82) is 5.26 Å². The molecule has 1 N–H and O–H groups in total. The highest BCUT2D eigenvalue weighted by Gasteiger charge is 2.19. The van der Waals surface area contributed by atoms with Crippen LogP contribution in [0.5, 0.6) is 0 Å². The molecule has 0 bridgehead atoms. The summed E-state index contributed by atoms with van der Waals surface area (Å²) in [6.45, 7) is -0.617. The van der Waals surface area contributed by atoms with Gasteiger partial charge in [0.2, 0.25) is 0 Å². The first-order chi connectivity index (χ1) is 6.60. The van der Waals surface area contributed by atoms with Gasteiger partial charge >= 0.3 is 0 Å². The third-order valence-electron chi connectivity index (χ3n) is 1.59. The summed E-state index contributed by atoms with van der Waals surface area (Å²) in [5, 5.41) is 17.4.